The number of benzene rings is 1. The summed E-state index contributed by atoms with van der Waals surface area (Å²) in [4.78, 5) is 18.1. The van der Waals surface area contributed by atoms with Crippen LogP contribution in [-0.2, 0) is 7.05 Å². The smallest absolute Gasteiger partial charge is 0.257 e. The van der Waals surface area contributed by atoms with E-state index in [4.69, 9.17) is 23.2 Å². The van der Waals surface area contributed by atoms with Crippen LogP contribution in [0.25, 0.3) is 17.1 Å². The minimum absolute atomic E-state index is 0.297. The minimum Gasteiger partial charge on any atom is -0.320 e. The molecule has 0 aliphatic rings. The van der Waals surface area contributed by atoms with Crippen LogP contribution in [0.1, 0.15) is 10.4 Å². The van der Waals surface area contributed by atoms with Crippen molar-refractivity contribution in [2.45, 2.75) is 0 Å². The molecule has 0 unspecified atom stereocenters. The first-order valence-corrected chi connectivity index (χ1v) is 8.90. The molecule has 4 rings (SSSR count). The Morgan fingerprint density at radius 2 is 1.86 bits per heavy atom. The average molecular weight is 414 g/mol. The fourth-order valence-corrected chi connectivity index (χ4v) is 3.11. The van der Waals surface area contributed by atoms with E-state index in [2.05, 4.69) is 25.6 Å². The zero-order chi connectivity index (χ0) is 19.7. The van der Waals surface area contributed by atoms with Gasteiger partial charge in [0.1, 0.15) is 0 Å². The topological polar surface area (TPSA) is 90.5 Å². The van der Waals surface area contributed by atoms with Gasteiger partial charge in [0.05, 0.1) is 45.6 Å². The Balaban J connectivity index is 1.54. The molecule has 8 nitrogen and oxygen atoms in total. The lowest BCUT2D eigenvalue weighted by molar-refractivity contribution is 0.102. The van der Waals surface area contributed by atoms with E-state index in [1.807, 2.05) is 19.3 Å². The number of carbonyl (C=O) groups excluding carboxylic acids is 1. The summed E-state index contributed by atoms with van der Waals surface area (Å²) in [6.07, 6.45) is 6.34. The van der Waals surface area contributed by atoms with E-state index in [0.29, 0.717) is 27.1 Å². The maximum absolute atomic E-state index is 12.6. The number of rotatable bonds is 4. The summed E-state index contributed by atoms with van der Waals surface area (Å²) in [5, 5.41) is 15.6. The average Bonchev–Trinajstić information content (AvgIpc) is 3.33. The van der Waals surface area contributed by atoms with Crippen LogP contribution >= 0.6 is 23.2 Å². The molecule has 0 saturated heterocycles. The van der Waals surface area contributed by atoms with Crippen molar-refractivity contribution in [3.8, 4) is 17.1 Å². The molecule has 3 aromatic heterocycles. The van der Waals surface area contributed by atoms with E-state index in [0.717, 1.165) is 11.3 Å². The quantitative estimate of drug-likeness (QED) is 0.551. The summed E-state index contributed by atoms with van der Waals surface area (Å²) in [6, 6.07) is 8.59. The van der Waals surface area contributed by atoms with E-state index in [1.54, 1.807) is 28.9 Å². The normalized spacial score (nSPS) is 10.8. The lowest BCUT2D eigenvalue weighted by Gasteiger charge is -2.09. The lowest BCUT2D eigenvalue weighted by Crippen LogP contribution is -2.13. The van der Waals surface area contributed by atoms with Crippen molar-refractivity contribution in [3.05, 3.63) is 70.7 Å². The molecule has 0 fully saturated rings. The van der Waals surface area contributed by atoms with Crippen LogP contribution in [0.3, 0.4) is 0 Å². The lowest BCUT2D eigenvalue weighted by atomic mass is 10.1. The van der Waals surface area contributed by atoms with Gasteiger partial charge < -0.3 is 5.32 Å². The van der Waals surface area contributed by atoms with Crippen molar-refractivity contribution in [1.82, 2.24) is 29.8 Å². The van der Waals surface area contributed by atoms with Crippen LogP contribution in [0.5, 0.6) is 0 Å². The Hall–Kier alpha value is -3.23. The van der Waals surface area contributed by atoms with Crippen molar-refractivity contribution >= 4 is 34.8 Å². The standard InChI is InChI=1S/C18H13Cl2N7O/c1-26-7-4-16(25-26)11-2-3-13(14(19)8-11)18(28)24-12-9-15(20)17(21-10-12)27-22-5-6-23-27/h2-10H,1H3,(H,24,28). The summed E-state index contributed by atoms with van der Waals surface area (Å²) >= 11 is 12.5. The van der Waals surface area contributed by atoms with Crippen LogP contribution in [-0.4, -0.2) is 35.7 Å². The third-order valence-corrected chi connectivity index (χ3v) is 4.50. The summed E-state index contributed by atoms with van der Waals surface area (Å²) in [6.45, 7) is 0. The molecule has 0 saturated carbocycles. The van der Waals surface area contributed by atoms with Crippen LogP contribution < -0.4 is 5.32 Å². The van der Waals surface area contributed by atoms with Crippen molar-refractivity contribution in [1.29, 1.82) is 0 Å². The summed E-state index contributed by atoms with van der Waals surface area (Å²) in [5.74, 6) is -0.0113. The van der Waals surface area contributed by atoms with Gasteiger partial charge in [-0.2, -0.15) is 15.3 Å². The zero-order valence-electron chi connectivity index (χ0n) is 14.5. The van der Waals surface area contributed by atoms with E-state index in [9.17, 15) is 4.79 Å². The first kappa shape index (κ1) is 18.1. The zero-order valence-corrected chi connectivity index (χ0v) is 16.1. The molecule has 1 N–H and O–H groups in total. The van der Waals surface area contributed by atoms with Crippen LogP contribution in [0.15, 0.2) is 55.1 Å². The third-order valence-electron chi connectivity index (χ3n) is 3.91. The summed E-state index contributed by atoms with van der Waals surface area (Å²) in [7, 11) is 1.83. The molecule has 0 radical (unpaired) electrons. The maximum atomic E-state index is 12.6. The molecular formula is C18H13Cl2N7O. The molecule has 4 aromatic rings. The van der Waals surface area contributed by atoms with Crippen molar-refractivity contribution in [2.75, 3.05) is 5.32 Å². The van der Waals surface area contributed by atoms with Crippen molar-refractivity contribution in [3.63, 3.8) is 0 Å². The predicted molar refractivity (Wildman–Crippen MR) is 106 cm³/mol. The van der Waals surface area contributed by atoms with Gasteiger partial charge in [0.2, 0.25) is 0 Å². The van der Waals surface area contributed by atoms with Crippen LogP contribution in [0, 0.1) is 0 Å². The molecule has 3 heterocycles. The molecular weight excluding hydrogens is 401 g/mol. The number of carbonyl (C=O) groups is 1. The van der Waals surface area contributed by atoms with Gasteiger partial charge in [0.25, 0.3) is 5.91 Å². The minimum atomic E-state index is -0.375. The number of aromatic nitrogens is 6. The largest absolute Gasteiger partial charge is 0.320 e. The van der Waals surface area contributed by atoms with Gasteiger partial charge in [-0.1, -0.05) is 29.3 Å². The fraction of sp³-hybridized carbons (Fsp3) is 0.0556. The van der Waals surface area contributed by atoms with Crippen molar-refractivity contribution < 1.29 is 4.79 Å². The van der Waals surface area contributed by atoms with Gasteiger partial charge in [0.15, 0.2) is 5.82 Å². The van der Waals surface area contributed by atoms with Gasteiger partial charge in [-0.15, -0.1) is 4.80 Å². The SMILES string of the molecule is Cn1ccc(-c2ccc(C(=O)Nc3cnc(-n4nccn4)c(Cl)c3)c(Cl)c2)n1. The van der Waals surface area contributed by atoms with E-state index >= 15 is 0 Å². The first-order chi connectivity index (χ1) is 13.5. The predicted octanol–water partition coefficient (Wildman–Crippen LogP) is 3.62. The number of aryl methyl sites for hydroxylation is 1. The molecule has 140 valence electrons. The third kappa shape index (κ3) is 3.60. The van der Waals surface area contributed by atoms with Gasteiger partial charge in [-0.05, 0) is 24.3 Å². The Morgan fingerprint density at radius 1 is 1.07 bits per heavy atom. The fourth-order valence-electron chi connectivity index (χ4n) is 2.60. The highest BCUT2D eigenvalue weighted by Crippen LogP contribution is 2.26. The molecule has 1 amide bonds. The number of nitrogens with zero attached hydrogens (tertiary/aromatic N) is 6. The molecule has 0 atom stereocenters. The van der Waals surface area contributed by atoms with Gasteiger partial charge in [-0.3, -0.25) is 9.48 Å². The molecule has 0 spiro atoms. The number of amides is 1. The number of hydrogen-bond donors (Lipinski definition) is 1. The van der Waals surface area contributed by atoms with Crippen LogP contribution in [0.4, 0.5) is 5.69 Å². The van der Waals surface area contributed by atoms with E-state index < -0.39 is 0 Å². The second kappa shape index (κ2) is 7.41. The summed E-state index contributed by atoms with van der Waals surface area (Å²) < 4.78 is 1.70. The molecule has 0 aliphatic carbocycles. The van der Waals surface area contributed by atoms with Crippen LogP contribution in [0.2, 0.25) is 10.0 Å². The maximum Gasteiger partial charge on any atom is 0.257 e. The van der Waals surface area contributed by atoms with Crippen molar-refractivity contribution in [2.24, 2.45) is 7.05 Å². The number of nitrogens with one attached hydrogen (secondary N) is 1. The van der Waals surface area contributed by atoms with E-state index in [1.165, 1.54) is 23.4 Å². The highest BCUT2D eigenvalue weighted by atomic mass is 35.5. The number of hydrogen-bond acceptors (Lipinski definition) is 5. The Morgan fingerprint density at radius 3 is 2.50 bits per heavy atom. The molecule has 0 aliphatic heterocycles. The Bertz CT molecular complexity index is 1150. The Labute approximate surface area is 169 Å². The number of halogens is 2. The number of anilines is 1. The van der Waals surface area contributed by atoms with E-state index in [-0.39, 0.29) is 5.91 Å². The second-order valence-electron chi connectivity index (χ2n) is 5.87. The first-order valence-electron chi connectivity index (χ1n) is 8.14. The highest BCUT2D eigenvalue weighted by molar-refractivity contribution is 6.35. The molecule has 10 heteroatoms. The monoisotopic (exact) mass is 413 g/mol. The Kier molecular flexibility index (Phi) is 4.81. The highest BCUT2D eigenvalue weighted by Gasteiger charge is 2.14. The summed E-state index contributed by atoms with van der Waals surface area (Å²) in [5.41, 5.74) is 2.35. The molecule has 1 aromatic carbocycles. The molecule has 0 bridgehead atoms. The molecule has 28 heavy (non-hydrogen) atoms. The number of pyridine rings is 1. The van der Waals surface area contributed by atoms with Gasteiger partial charge in [0, 0.05) is 18.8 Å². The van der Waals surface area contributed by atoms with Gasteiger partial charge >= 0.3 is 0 Å². The second-order valence-corrected chi connectivity index (χ2v) is 6.69. The van der Waals surface area contributed by atoms with Gasteiger partial charge in [-0.25, -0.2) is 4.98 Å².